The van der Waals surface area contributed by atoms with Crippen LogP contribution in [0.25, 0.3) is 6.08 Å². The summed E-state index contributed by atoms with van der Waals surface area (Å²) in [5.74, 6) is -0.456. The number of carbonyl (C=O) groups is 1. The number of amides is 1. The smallest absolute Gasteiger partial charge is 0.244 e. The summed E-state index contributed by atoms with van der Waals surface area (Å²) < 4.78 is 12.8. The van der Waals surface area contributed by atoms with Crippen LogP contribution in [0.5, 0.6) is 0 Å². The molecule has 2 aromatic carbocycles. The molecule has 0 aliphatic carbocycles. The van der Waals surface area contributed by atoms with E-state index in [4.69, 9.17) is 0 Å². The van der Waals surface area contributed by atoms with Gasteiger partial charge in [0.25, 0.3) is 0 Å². The Labute approximate surface area is 130 Å². The van der Waals surface area contributed by atoms with Crippen LogP contribution in [-0.2, 0) is 11.2 Å². The van der Waals surface area contributed by atoms with Crippen LogP contribution >= 0.6 is 0 Å². The first-order valence-corrected chi connectivity index (χ1v) is 7.41. The molecule has 3 heteroatoms. The van der Waals surface area contributed by atoms with Crippen molar-refractivity contribution in [3.8, 4) is 0 Å². The number of rotatable bonds is 5. The number of carbonyl (C=O) groups excluding carboxylic acids is 1. The molecule has 0 aliphatic heterocycles. The van der Waals surface area contributed by atoms with Crippen LogP contribution in [0.1, 0.15) is 36.6 Å². The summed E-state index contributed by atoms with van der Waals surface area (Å²) in [5, 5.41) is 2.92. The molecular formula is C19H20FNO. The van der Waals surface area contributed by atoms with E-state index in [-0.39, 0.29) is 17.8 Å². The van der Waals surface area contributed by atoms with Crippen molar-refractivity contribution < 1.29 is 9.18 Å². The molecule has 2 aromatic rings. The van der Waals surface area contributed by atoms with Crippen LogP contribution in [0, 0.1) is 5.82 Å². The maximum absolute atomic E-state index is 12.8. The van der Waals surface area contributed by atoms with Crippen LogP contribution in [-0.4, -0.2) is 5.91 Å². The summed E-state index contributed by atoms with van der Waals surface area (Å²) in [6.45, 7) is 4.06. The summed E-state index contributed by atoms with van der Waals surface area (Å²) in [6, 6.07) is 14.2. The highest BCUT2D eigenvalue weighted by molar-refractivity contribution is 5.91. The minimum Gasteiger partial charge on any atom is -0.346 e. The van der Waals surface area contributed by atoms with E-state index in [1.165, 1.54) is 23.8 Å². The Balaban J connectivity index is 1.94. The largest absolute Gasteiger partial charge is 0.346 e. The van der Waals surface area contributed by atoms with Gasteiger partial charge in [-0.05, 0) is 48.2 Å². The topological polar surface area (TPSA) is 29.1 Å². The standard InChI is InChI=1S/C19H20FNO/c1-3-15-4-9-17(10-5-15)14(2)21-19(22)13-8-16-6-11-18(20)12-7-16/h4-14H,3H2,1-2H3,(H,21,22)/b13-8+/t14-/m0/s1. The minimum atomic E-state index is -0.286. The Morgan fingerprint density at radius 3 is 2.36 bits per heavy atom. The van der Waals surface area contributed by atoms with Gasteiger partial charge in [0.2, 0.25) is 5.91 Å². The average Bonchev–Trinajstić information content (AvgIpc) is 2.54. The van der Waals surface area contributed by atoms with Crippen LogP contribution in [0.2, 0.25) is 0 Å². The molecule has 2 nitrogen and oxygen atoms in total. The SMILES string of the molecule is CCc1ccc([C@H](C)NC(=O)/C=C/c2ccc(F)cc2)cc1. The number of aryl methyl sites for hydroxylation is 1. The van der Waals surface area contributed by atoms with E-state index < -0.39 is 0 Å². The van der Waals surface area contributed by atoms with Gasteiger partial charge in [-0.1, -0.05) is 43.3 Å². The van der Waals surface area contributed by atoms with Crippen LogP contribution in [0.15, 0.2) is 54.6 Å². The molecule has 0 unspecified atom stereocenters. The van der Waals surface area contributed by atoms with Gasteiger partial charge in [0, 0.05) is 6.08 Å². The maximum Gasteiger partial charge on any atom is 0.244 e. The van der Waals surface area contributed by atoms with Gasteiger partial charge in [-0.3, -0.25) is 4.79 Å². The number of hydrogen-bond donors (Lipinski definition) is 1. The normalized spacial score (nSPS) is 12.3. The molecule has 2 rings (SSSR count). The van der Waals surface area contributed by atoms with Crippen molar-refractivity contribution in [1.29, 1.82) is 0 Å². The maximum atomic E-state index is 12.8. The Hall–Kier alpha value is -2.42. The van der Waals surface area contributed by atoms with E-state index in [1.54, 1.807) is 18.2 Å². The molecule has 1 amide bonds. The highest BCUT2D eigenvalue weighted by Gasteiger charge is 2.07. The molecule has 114 valence electrons. The first-order valence-electron chi connectivity index (χ1n) is 7.41. The van der Waals surface area contributed by atoms with Gasteiger partial charge in [0.05, 0.1) is 6.04 Å². The van der Waals surface area contributed by atoms with Crippen molar-refractivity contribution in [2.75, 3.05) is 0 Å². The first kappa shape index (κ1) is 16.0. The summed E-state index contributed by atoms with van der Waals surface area (Å²) in [7, 11) is 0. The van der Waals surface area contributed by atoms with Gasteiger partial charge in [0.15, 0.2) is 0 Å². The third-order valence-electron chi connectivity index (χ3n) is 3.54. The predicted octanol–water partition coefficient (Wildman–Crippen LogP) is 4.28. The van der Waals surface area contributed by atoms with Crippen LogP contribution in [0.4, 0.5) is 4.39 Å². The highest BCUT2D eigenvalue weighted by Crippen LogP contribution is 2.14. The van der Waals surface area contributed by atoms with E-state index in [2.05, 4.69) is 24.4 Å². The molecule has 0 heterocycles. The summed E-state index contributed by atoms with van der Waals surface area (Å²) >= 11 is 0. The van der Waals surface area contributed by atoms with Crippen molar-refractivity contribution in [3.63, 3.8) is 0 Å². The lowest BCUT2D eigenvalue weighted by Crippen LogP contribution is -2.24. The zero-order chi connectivity index (χ0) is 15.9. The van der Waals surface area contributed by atoms with Gasteiger partial charge in [-0.2, -0.15) is 0 Å². The molecule has 0 aliphatic rings. The average molecular weight is 297 g/mol. The third-order valence-corrected chi connectivity index (χ3v) is 3.54. The lowest BCUT2D eigenvalue weighted by Gasteiger charge is -2.13. The summed E-state index contributed by atoms with van der Waals surface area (Å²) in [4.78, 5) is 11.9. The van der Waals surface area contributed by atoms with E-state index in [0.29, 0.717) is 0 Å². The molecule has 0 bridgehead atoms. The fourth-order valence-corrected chi connectivity index (χ4v) is 2.13. The predicted molar refractivity (Wildman–Crippen MR) is 87.8 cm³/mol. The molecule has 0 saturated carbocycles. The van der Waals surface area contributed by atoms with Crippen LogP contribution in [0.3, 0.4) is 0 Å². The lowest BCUT2D eigenvalue weighted by atomic mass is 10.0. The number of benzene rings is 2. The lowest BCUT2D eigenvalue weighted by molar-refractivity contribution is -0.117. The molecule has 1 atom stereocenters. The molecule has 22 heavy (non-hydrogen) atoms. The Bertz CT molecular complexity index is 644. The van der Waals surface area contributed by atoms with Crippen molar-refractivity contribution in [3.05, 3.63) is 77.1 Å². The highest BCUT2D eigenvalue weighted by atomic mass is 19.1. The number of nitrogens with one attached hydrogen (secondary N) is 1. The summed E-state index contributed by atoms with van der Waals surface area (Å²) in [6.07, 6.45) is 4.13. The fourth-order valence-electron chi connectivity index (χ4n) is 2.13. The number of hydrogen-bond acceptors (Lipinski definition) is 1. The second-order valence-corrected chi connectivity index (χ2v) is 5.21. The van der Waals surface area contributed by atoms with Gasteiger partial charge < -0.3 is 5.32 Å². The Morgan fingerprint density at radius 1 is 1.14 bits per heavy atom. The fraction of sp³-hybridized carbons (Fsp3) is 0.211. The van der Waals surface area contributed by atoms with E-state index in [9.17, 15) is 9.18 Å². The zero-order valence-electron chi connectivity index (χ0n) is 12.8. The van der Waals surface area contributed by atoms with Gasteiger partial charge in [-0.25, -0.2) is 4.39 Å². The second-order valence-electron chi connectivity index (χ2n) is 5.21. The van der Waals surface area contributed by atoms with E-state index in [1.807, 2.05) is 19.1 Å². The van der Waals surface area contributed by atoms with Gasteiger partial charge in [-0.15, -0.1) is 0 Å². The number of halogens is 1. The summed E-state index contributed by atoms with van der Waals surface area (Å²) in [5.41, 5.74) is 3.13. The Morgan fingerprint density at radius 2 is 1.77 bits per heavy atom. The first-order chi connectivity index (χ1) is 10.6. The molecule has 1 N–H and O–H groups in total. The van der Waals surface area contributed by atoms with E-state index >= 15 is 0 Å². The Kier molecular flexibility index (Phi) is 5.48. The zero-order valence-corrected chi connectivity index (χ0v) is 12.8. The van der Waals surface area contributed by atoms with Gasteiger partial charge >= 0.3 is 0 Å². The van der Waals surface area contributed by atoms with Gasteiger partial charge in [0.1, 0.15) is 5.82 Å². The van der Waals surface area contributed by atoms with Crippen molar-refractivity contribution in [1.82, 2.24) is 5.32 Å². The molecule has 0 saturated heterocycles. The monoisotopic (exact) mass is 297 g/mol. The molecular weight excluding hydrogens is 277 g/mol. The third kappa shape index (κ3) is 4.55. The second kappa shape index (κ2) is 7.55. The van der Waals surface area contributed by atoms with Crippen molar-refractivity contribution >= 4 is 12.0 Å². The molecule has 0 fully saturated rings. The quantitative estimate of drug-likeness (QED) is 0.820. The minimum absolute atomic E-state index is 0.0590. The van der Waals surface area contributed by atoms with Crippen molar-refractivity contribution in [2.24, 2.45) is 0 Å². The molecule has 0 radical (unpaired) electrons. The molecule has 0 spiro atoms. The van der Waals surface area contributed by atoms with Crippen molar-refractivity contribution in [2.45, 2.75) is 26.3 Å². The molecule has 0 aromatic heterocycles. The van der Waals surface area contributed by atoms with E-state index in [0.717, 1.165) is 17.5 Å². The van der Waals surface area contributed by atoms with Crippen LogP contribution < -0.4 is 5.32 Å².